The van der Waals surface area contributed by atoms with E-state index in [0.29, 0.717) is 31.1 Å². The molecule has 0 aliphatic rings. The predicted molar refractivity (Wildman–Crippen MR) is 167 cm³/mol. The second-order valence-electron chi connectivity index (χ2n) is 10.2. The Balaban J connectivity index is 1.12. The van der Waals surface area contributed by atoms with Gasteiger partial charge in [-0.05, 0) is 52.6 Å². The van der Waals surface area contributed by atoms with Crippen LogP contribution >= 0.6 is 0 Å². The van der Waals surface area contributed by atoms with Crippen LogP contribution in [0, 0.1) is 0 Å². The van der Waals surface area contributed by atoms with Crippen molar-refractivity contribution in [2.24, 2.45) is 0 Å². The van der Waals surface area contributed by atoms with Crippen LogP contribution in [0.25, 0.3) is 0 Å². The highest BCUT2D eigenvalue weighted by Gasteiger charge is 2.10. The van der Waals surface area contributed by atoms with Gasteiger partial charge >= 0.3 is 0 Å². The van der Waals surface area contributed by atoms with Gasteiger partial charge in [-0.25, -0.2) is 0 Å². The van der Waals surface area contributed by atoms with Crippen molar-refractivity contribution in [3.8, 4) is 11.5 Å². The van der Waals surface area contributed by atoms with Crippen molar-refractivity contribution in [2.45, 2.75) is 26.2 Å². The van der Waals surface area contributed by atoms with Crippen LogP contribution in [-0.4, -0.2) is 24.0 Å². The van der Waals surface area contributed by atoms with E-state index in [1.807, 2.05) is 78.9 Å². The maximum Gasteiger partial charge on any atom is 0.251 e. The van der Waals surface area contributed by atoms with Crippen LogP contribution in [0.15, 0.2) is 140 Å². The molecular formula is C37H36N2O3. The quantitative estimate of drug-likeness (QED) is 0.156. The van der Waals surface area contributed by atoms with E-state index in [9.17, 15) is 4.79 Å². The van der Waals surface area contributed by atoms with Gasteiger partial charge in [-0.1, -0.05) is 109 Å². The molecule has 0 saturated carbocycles. The molecule has 42 heavy (non-hydrogen) atoms. The number of carbonyl (C=O) groups excluding carboxylic acids is 1. The lowest BCUT2D eigenvalue weighted by Crippen LogP contribution is -2.28. The number of hydrogen-bond donors (Lipinski definition) is 1. The molecule has 5 nitrogen and oxygen atoms in total. The molecule has 0 radical (unpaired) electrons. The molecule has 0 aromatic heterocycles. The Morgan fingerprint density at radius 1 is 0.571 bits per heavy atom. The second-order valence-corrected chi connectivity index (χ2v) is 10.2. The Morgan fingerprint density at radius 2 is 1.12 bits per heavy atom. The number of nitrogens with one attached hydrogen (secondary N) is 1. The molecule has 0 bridgehead atoms. The summed E-state index contributed by atoms with van der Waals surface area (Å²) in [6.07, 6.45) is 0. The van der Waals surface area contributed by atoms with Gasteiger partial charge in [-0.3, -0.25) is 9.69 Å². The molecule has 0 aliphatic carbocycles. The summed E-state index contributed by atoms with van der Waals surface area (Å²) < 4.78 is 12.0. The molecule has 5 heteroatoms. The third-order valence-electron chi connectivity index (χ3n) is 6.87. The van der Waals surface area contributed by atoms with Gasteiger partial charge in [0, 0.05) is 31.7 Å². The van der Waals surface area contributed by atoms with Gasteiger partial charge in [0.1, 0.15) is 24.7 Å². The number of rotatable bonds is 14. The molecule has 5 aromatic rings. The Hall–Kier alpha value is -4.87. The van der Waals surface area contributed by atoms with Crippen molar-refractivity contribution in [1.82, 2.24) is 10.2 Å². The van der Waals surface area contributed by atoms with Crippen LogP contribution in [0.2, 0.25) is 0 Å². The molecule has 212 valence electrons. The summed E-state index contributed by atoms with van der Waals surface area (Å²) in [6.45, 7) is 3.84. The van der Waals surface area contributed by atoms with E-state index in [1.54, 1.807) is 12.1 Å². The minimum atomic E-state index is -0.147. The number of carbonyl (C=O) groups is 1. The molecule has 0 spiro atoms. The number of ether oxygens (including phenoxy) is 2. The zero-order valence-corrected chi connectivity index (χ0v) is 23.7. The summed E-state index contributed by atoms with van der Waals surface area (Å²) in [5, 5.41) is 3.01. The second kappa shape index (κ2) is 15.2. The fourth-order valence-corrected chi connectivity index (χ4v) is 4.69. The first kappa shape index (κ1) is 28.7. The Bertz CT molecular complexity index is 1480. The predicted octanol–water partition coefficient (Wildman–Crippen LogP) is 7.28. The summed E-state index contributed by atoms with van der Waals surface area (Å²) in [6, 6.07) is 46.1. The normalized spacial score (nSPS) is 10.8. The largest absolute Gasteiger partial charge is 0.492 e. The van der Waals surface area contributed by atoms with E-state index in [-0.39, 0.29) is 5.91 Å². The molecule has 0 heterocycles. The maximum absolute atomic E-state index is 12.9. The third kappa shape index (κ3) is 9.08. The summed E-state index contributed by atoms with van der Waals surface area (Å²) in [5.41, 5.74) is 5.17. The van der Waals surface area contributed by atoms with E-state index in [4.69, 9.17) is 9.47 Å². The fourth-order valence-electron chi connectivity index (χ4n) is 4.69. The zero-order chi connectivity index (χ0) is 28.8. The average Bonchev–Trinajstić information content (AvgIpc) is 3.04. The van der Waals surface area contributed by atoms with Crippen LogP contribution in [0.1, 0.15) is 32.6 Å². The standard InChI is InChI=1S/C37H36N2O3/c40-37(38-26-33-18-10-20-35(24-33)42-29-32-16-8-3-9-17-32)34-19-11-21-36(25-34)41-23-22-39(27-30-12-4-1-5-13-30)28-31-14-6-2-7-15-31/h1-21,24-25H,22-23,26-29H2,(H,38,40). The molecule has 0 fully saturated rings. The summed E-state index contributed by atoms with van der Waals surface area (Å²) in [7, 11) is 0. The molecule has 0 atom stereocenters. The van der Waals surface area contributed by atoms with E-state index >= 15 is 0 Å². The minimum absolute atomic E-state index is 0.147. The molecule has 0 saturated heterocycles. The van der Waals surface area contributed by atoms with Crippen molar-refractivity contribution >= 4 is 5.91 Å². The van der Waals surface area contributed by atoms with Gasteiger partial charge in [0.2, 0.25) is 0 Å². The summed E-state index contributed by atoms with van der Waals surface area (Å²) in [5.74, 6) is 1.30. The third-order valence-corrected chi connectivity index (χ3v) is 6.87. The van der Waals surface area contributed by atoms with Crippen molar-refractivity contribution < 1.29 is 14.3 Å². The first-order chi connectivity index (χ1) is 20.7. The average molecular weight is 557 g/mol. The number of amides is 1. The van der Waals surface area contributed by atoms with Crippen molar-refractivity contribution in [1.29, 1.82) is 0 Å². The van der Waals surface area contributed by atoms with Crippen LogP contribution in [0.3, 0.4) is 0 Å². The smallest absolute Gasteiger partial charge is 0.251 e. The lowest BCUT2D eigenvalue weighted by molar-refractivity contribution is 0.0950. The first-order valence-electron chi connectivity index (χ1n) is 14.3. The van der Waals surface area contributed by atoms with E-state index in [1.165, 1.54) is 11.1 Å². The van der Waals surface area contributed by atoms with E-state index in [0.717, 1.165) is 36.5 Å². The van der Waals surface area contributed by atoms with Gasteiger partial charge < -0.3 is 14.8 Å². The molecule has 1 amide bonds. The highest BCUT2D eigenvalue weighted by Crippen LogP contribution is 2.17. The molecule has 5 aromatic carbocycles. The van der Waals surface area contributed by atoms with E-state index < -0.39 is 0 Å². The Morgan fingerprint density at radius 3 is 1.76 bits per heavy atom. The van der Waals surface area contributed by atoms with Gasteiger partial charge in [0.05, 0.1) is 0 Å². The Labute approximate surface area is 248 Å². The minimum Gasteiger partial charge on any atom is -0.492 e. The highest BCUT2D eigenvalue weighted by molar-refractivity contribution is 5.94. The van der Waals surface area contributed by atoms with Gasteiger partial charge in [-0.2, -0.15) is 0 Å². The van der Waals surface area contributed by atoms with Crippen LogP contribution in [-0.2, 0) is 26.2 Å². The lowest BCUT2D eigenvalue weighted by Gasteiger charge is -2.23. The van der Waals surface area contributed by atoms with Gasteiger partial charge in [-0.15, -0.1) is 0 Å². The van der Waals surface area contributed by atoms with Crippen LogP contribution in [0.4, 0.5) is 0 Å². The zero-order valence-electron chi connectivity index (χ0n) is 23.7. The summed E-state index contributed by atoms with van der Waals surface area (Å²) in [4.78, 5) is 15.3. The van der Waals surface area contributed by atoms with Gasteiger partial charge in [0.15, 0.2) is 0 Å². The number of nitrogens with zero attached hydrogens (tertiary/aromatic N) is 1. The lowest BCUT2D eigenvalue weighted by atomic mass is 10.1. The maximum atomic E-state index is 12.9. The number of hydrogen-bond acceptors (Lipinski definition) is 4. The molecule has 0 aliphatic heterocycles. The molecule has 5 rings (SSSR count). The topological polar surface area (TPSA) is 50.8 Å². The van der Waals surface area contributed by atoms with Crippen LogP contribution < -0.4 is 14.8 Å². The Kier molecular flexibility index (Phi) is 10.4. The molecule has 1 N–H and O–H groups in total. The monoisotopic (exact) mass is 556 g/mol. The highest BCUT2D eigenvalue weighted by atomic mass is 16.5. The van der Waals surface area contributed by atoms with Gasteiger partial charge in [0.25, 0.3) is 5.91 Å². The molecule has 0 unspecified atom stereocenters. The van der Waals surface area contributed by atoms with Crippen molar-refractivity contribution in [3.05, 3.63) is 167 Å². The summed E-state index contributed by atoms with van der Waals surface area (Å²) >= 11 is 0. The first-order valence-corrected chi connectivity index (χ1v) is 14.3. The number of benzene rings is 5. The van der Waals surface area contributed by atoms with Crippen LogP contribution in [0.5, 0.6) is 11.5 Å². The van der Waals surface area contributed by atoms with Crippen molar-refractivity contribution in [3.63, 3.8) is 0 Å². The van der Waals surface area contributed by atoms with Crippen molar-refractivity contribution in [2.75, 3.05) is 13.2 Å². The van der Waals surface area contributed by atoms with E-state index in [2.05, 4.69) is 58.7 Å². The molecular weight excluding hydrogens is 520 g/mol. The SMILES string of the molecule is O=C(NCc1cccc(OCc2ccccc2)c1)c1cccc(OCCN(Cc2ccccc2)Cc2ccccc2)c1. The fraction of sp³-hybridized carbons (Fsp3) is 0.162.